The zero-order valence-electron chi connectivity index (χ0n) is 10.9. The number of aromatic nitrogens is 1. The minimum Gasteiger partial charge on any atom is -0.353 e. The molecule has 0 bridgehead atoms. The monoisotopic (exact) mass is 308 g/mol. The fraction of sp³-hybridized carbons (Fsp3) is 0.667. The molecule has 3 heteroatoms. The number of nitrogens with zero attached hydrogens (tertiary/aromatic N) is 2. The molecule has 0 amide bonds. The highest BCUT2D eigenvalue weighted by molar-refractivity contribution is 9.09. The van der Waals surface area contributed by atoms with Gasteiger partial charge in [-0.15, -0.1) is 0 Å². The van der Waals surface area contributed by atoms with Crippen LogP contribution in [0, 0.1) is 0 Å². The summed E-state index contributed by atoms with van der Waals surface area (Å²) in [4.78, 5) is 7.45. The van der Waals surface area contributed by atoms with Crippen molar-refractivity contribution in [1.29, 1.82) is 0 Å². The fourth-order valence-corrected chi connectivity index (χ4v) is 3.74. The lowest BCUT2D eigenvalue weighted by atomic mass is 10.2. The summed E-state index contributed by atoms with van der Waals surface area (Å²) in [6.07, 6.45) is 9.13. The topological polar surface area (TPSA) is 16.1 Å². The van der Waals surface area contributed by atoms with Crippen LogP contribution in [0.3, 0.4) is 0 Å². The summed E-state index contributed by atoms with van der Waals surface area (Å²) in [7, 11) is 0. The average Bonchev–Trinajstić information content (AvgIpc) is 3.05. The van der Waals surface area contributed by atoms with Crippen molar-refractivity contribution in [1.82, 2.24) is 4.98 Å². The predicted molar refractivity (Wildman–Crippen MR) is 79.7 cm³/mol. The molecule has 1 heterocycles. The number of hydrogen-bond acceptors (Lipinski definition) is 2. The molecule has 18 heavy (non-hydrogen) atoms. The maximum Gasteiger partial charge on any atom is 0.129 e. The SMILES string of the molecule is BrCCN(c1ccc2c(n1)CCC2)C1CCCC1. The van der Waals surface area contributed by atoms with Gasteiger partial charge in [0.25, 0.3) is 0 Å². The first-order valence-electron chi connectivity index (χ1n) is 7.20. The molecule has 0 spiro atoms. The molecular weight excluding hydrogens is 288 g/mol. The van der Waals surface area contributed by atoms with Crippen LogP contribution in [-0.4, -0.2) is 22.9 Å². The van der Waals surface area contributed by atoms with E-state index in [2.05, 4.69) is 33.0 Å². The highest BCUT2D eigenvalue weighted by atomic mass is 79.9. The minimum absolute atomic E-state index is 0.717. The Balaban J connectivity index is 1.84. The summed E-state index contributed by atoms with van der Waals surface area (Å²) in [6.45, 7) is 1.08. The van der Waals surface area contributed by atoms with Crippen molar-refractivity contribution >= 4 is 21.7 Å². The first-order chi connectivity index (χ1) is 8.88. The Morgan fingerprint density at radius 3 is 2.78 bits per heavy atom. The van der Waals surface area contributed by atoms with Crippen LogP contribution < -0.4 is 4.90 Å². The maximum absolute atomic E-state index is 4.92. The second kappa shape index (κ2) is 5.60. The normalized spacial score (nSPS) is 19.2. The molecule has 1 aromatic heterocycles. The quantitative estimate of drug-likeness (QED) is 0.788. The van der Waals surface area contributed by atoms with Crippen LogP contribution in [-0.2, 0) is 12.8 Å². The highest BCUT2D eigenvalue weighted by Gasteiger charge is 2.24. The maximum atomic E-state index is 4.92. The number of hydrogen-bond donors (Lipinski definition) is 0. The summed E-state index contributed by atoms with van der Waals surface area (Å²) in [5.74, 6) is 1.21. The molecule has 0 saturated heterocycles. The van der Waals surface area contributed by atoms with E-state index in [1.165, 1.54) is 62.0 Å². The van der Waals surface area contributed by atoms with Gasteiger partial charge in [-0.1, -0.05) is 34.8 Å². The number of anilines is 1. The number of aryl methyl sites for hydroxylation is 2. The summed E-state index contributed by atoms with van der Waals surface area (Å²) in [5, 5.41) is 1.03. The molecule has 0 N–H and O–H groups in total. The van der Waals surface area contributed by atoms with E-state index in [0.29, 0.717) is 0 Å². The smallest absolute Gasteiger partial charge is 0.129 e. The highest BCUT2D eigenvalue weighted by Crippen LogP contribution is 2.29. The van der Waals surface area contributed by atoms with Crippen molar-refractivity contribution in [2.45, 2.75) is 51.0 Å². The standard InChI is InChI=1S/C15H21BrN2/c16-10-11-18(13-5-1-2-6-13)15-9-8-12-4-3-7-14(12)17-15/h8-9,13H,1-7,10-11H2. The lowest BCUT2D eigenvalue weighted by Gasteiger charge is -2.30. The van der Waals surface area contributed by atoms with Crippen molar-refractivity contribution in [2.75, 3.05) is 16.8 Å². The molecule has 0 aliphatic heterocycles. The summed E-state index contributed by atoms with van der Waals surface area (Å²) < 4.78 is 0. The Morgan fingerprint density at radius 1 is 1.17 bits per heavy atom. The Kier molecular flexibility index (Phi) is 3.88. The van der Waals surface area contributed by atoms with Crippen LogP contribution in [0.25, 0.3) is 0 Å². The van der Waals surface area contributed by atoms with E-state index in [0.717, 1.165) is 17.9 Å². The Bertz CT molecular complexity index is 413. The fourth-order valence-electron chi connectivity index (χ4n) is 3.36. The van der Waals surface area contributed by atoms with Gasteiger partial charge >= 0.3 is 0 Å². The van der Waals surface area contributed by atoms with E-state index in [1.54, 1.807) is 0 Å². The van der Waals surface area contributed by atoms with Crippen LogP contribution >= 0.6 is 15.9 Å². The van der Waals surface area contributed by atoms with Crippen LogP contribution in [0.15, 0.2) is 12.1 Å². The summed E-state index contributed by atoms with van der Waals surface area (Å²) in [5.41, 5.74) is 2.83. The molecule has 2 aliphatic rings. The average molecular weight is 309 g/mol. The summed E-state index contributed by atoms with van der Waals surface area (Å²) in [6, 6.07) is 5.26. The van der Waals surface area contributed by atoms with Crippen LogP contribution in [0.4, 0.5) is 5.82 Å². The molecular formula is C15H21BrN2. The Morgan fingerprint density at radius 2 is 2.00 bits per heavy atom. The van der Waals surface area contributed by atoms with E-state index in [4.69, 9.17) is 4.98 Å². The molecule has 0 unspecified atom stereocenters. The van der Waals surface area contributed by atoms with E-state index in [-0.39, 0.29) is 0 Å². The number of fused-ring (bicyclic) bond motifs is 1. The van der Waals surface area contributed by atoms with Crippen molar-refractivity contribution in [3.63, 3.8) is 0 Å². The van der Waals surface area contributed by atoms with Gasteiger partial charge in [0.15, 0.2) is 0 Å². The largest absolute Gasteiger partial charge is 0.353 e. The van der Waals surface area contributed by atoms with Crippen LogP contribution in [0.1, 0.15) is 43.4 Å². The lowest BCUT2D eigenvalue weighted by molar-refractivity contribution is 0.615. The molecule has 1 fully saturated rings. The van der Waals surface area contributed by atoms with Crippen molar-refractivity contribution in [2.24, 2.45) is 0 Å². The Hall–Kier alpha value is -0.570. The van der Waals surface area contributed by atoms with Gasteiger partial charge in [-0.25, -0.2) is 4.98 Å². The van der Waals surface area contributed by atoms with Gasteiger partial charge in [0.2, 0.25) is 0 Å². The number of pyridine rings is 1. The van der Waals surface area contributed by atoms with Gasteiger partial charge in [-0.05, 0) is 43.7 Å². The number of rotatable bonds is 4. The minimum atomic E-state index is 0.717. The second-order valence-electron chi connectivity index (χ2n) is 5.45. The van der Waals surface area contributed by atoms with Gasteiger partial charge in [0, 0.05) is 23.6 Å². The second-order valence-corrected chi connectivity index (χ2v) is 6.24. The van der Waals surface area contributed by atoms with E-state index in [9.17, 15) is 0 Å². The van der Waals surface area contributed by atoms with E-state index < -0.39 is 0 Å². The molecule has 0 radical (unpaired) electrons. The summed E-state index contributed by atoms with van der Waals surface area (Å²) >= 11 is 3.59. The molecule has 1 saturated carbocycles. The lowest BCUT2D eigenvalue weighted by Crippen LogP contribution is -2.35. The first-order valence-corrected chi connectivity index (χ1v) is 8.32. The molecule has 0 aromatic carbocycles. The van der Waals surface area contributed by atoms with Gasteiger partial charge in [0.05, 0.1) is 0 Å². The van der Waals surface area contributed by atoms with Gasteiger partial charge in [-0.2, -0.15) is 0 Å². The third-order valence-corrected chi connectivity index (χ3v) is 4.65. The Labute approximate surface area is 118 Å². The van der Waals surface area contributed by atoms with Gasteiger partial charge < -0.3 is 4.90 Å². The number of halogens is 1. The van der Waals surface area contributed by atoms with Crippen molar-refractivity contribution in [3.05, 3.63) is 23.4 Å². The molecule has 0 atom stereocenters. The number of alkyl halides is 1. The molecule has 3 rings (SSSR count). The molecule has 2 aliphatic carbocycles. The third-order valence-electron chi connectivity index (χ3n) is 4.30. The molecule has 98 valence electrons. The molecule has 2 nitrogen and oxygen atoms in total. The zero-order valence-corrected chi connectivity index (χ0v) is 12.5. The zero-order chi connectivity index (χ0) is 12.4. The molecule has 1 aromatic rings. The first kappa shape index (κ1) is 12.5. The van der Waals surface area contributed by atoms with Gasteiger partial charge in [0.1, 0.15) is 5.82 Å². The van der Waals surface area contributed by atoms with Crippen molar-refractivity contribution < 1.29 is 0 Å². The third kappa shape index (κ3) is 2.42. The van der Waals surface area contributed by atoms with Crippen LogP contribution in [0.5, 0.6) is 0 Å². The van der Waals surface area contributed by atoms with E-state index >= 15 is 0 Å². The van der Waals surface area contributed by atoms with Gasteiger partial charge in [-0.3, -0.25) is 0 Å². The van der Waals surface area contributed by atoms with Crippen LogP contribution in [0.2, 0.25) is 0 Å². The van der Waals surface area contributed by atoms with E-state index in [1.807, 2.05) is 0 Å². The predicted octanol–water partition coefficient (Wildman–Crippen LogP) is 3.71. The van der Waals surface area contributed by atoms with Crippen molar-refractivity contribution in [3.8, 4) is 0 Å².